The predicted molar refractivity (Wildman–Crippen MR) is 166 cm³/mol. The van der Waals surface area contributed by atoms with Gasteiger partial charge in [-0.15, -0.1) is 6.58 Å². The molecule has 4 N–H and O–H groups in total. The number of Topliss-reactive ketones (excluding diaryl/α,β-unsaturated/α-hetero) is 1. The van der Waals surface area contributed by atoms with Crippen LogP contribution in [-0.2, 0) is 28.7 Å². The predicted octanol–water partition coefficient (Wildman–Crippen LogP) is 2.89. The molecule has 0 aromatic carbocycles. The van der Waals surface area contributed by atoms with Crippen molar-refractivity contribution in [3.63, 3.8) is 0 Å². The molecule has 5 amide bonds. The highest BCUT2D eigenvalue weighted by Gasteiger charge is 2.42. The quantitative estimate of drug-likeness (QED) is 0.182. The lowest BCUT2D eigenvalue weighted by molar-refractivity contribution is -0.143. The Morgan fingerprint density at radius 3 is 2.18 bits per heavy atom. The Kier molecular flexibility index (Phi) is 13.8. The fraction of sp³-hybridized carbons (Fsp3) is 0.750. The molecule has 1 saturated carbocycles. The van der Waals surface area contributed by atoms with Crippen molar-refractivity contribution < 1.29 is 33.5 Å². The summed E-state index contributed by atoms with van der Waals surface area (Å²) in [5.41, 5.74) is -1.16. The van der Waals surface area contributed by atoms with E-state index in [9.17, 15) is 28.8 Å². The van der Waals surface area contributed by atoms with Crippen molar-refractivity contribution in [2.75, 3.05) is 13.1 Å². The van der Waals surface area contributed by atoms with Crippen LogP contribution in [0.3, 0.4) is 0 Å². The number of carbonyl (C=O) groups is 6. The van der Waals surface area contributed by atoms with Gasteiger partial charge in [-0.2, -0.15) is 0 Å². The van der Waals surface area contributed by atoms with Gasteiger partial charge in [-0.3, -0.25) is 24.0 Å². The number of hydrogen-bond acceptors (Lipinski definition) is 7. The summed E-state index contributed by atoms with van der Waals surface area (Å²) in [6, 6.07) is -2.81. The Morgan fingerprint density at radius 2 is 1.59 bits per heavy atom. The van der Waals surface area contributed by atoms with Crippen molar-refractivity contribution >= 4 is 35.5 Å². The molecule has 1 aliphatic heterocycles. The van der Waals surface area contributed by atoms with Gasteiger partial charge in [0.2, 0.25) is 23.5 Å². The highest BCUT2D eigenvalue weighted by molar-refractivity contribution is 6.38. The molecule has 2 fully saturated rings. The molecule has 3 atom stereocenters. The van der Waals surface area contributed by atoms with Crippen molar-refractivity contribution in [1.29, 1.82) is 0 Å². The molecule has 0 spiro atoms. The standard InChI is InChI=1S/C32H53N5O7/c1-8-9-16-22(26(39)28(41)33-19-18-24(38)36-31(2,3)4)34-27(40)23-17-13-20-37(23)29(42)25(21-14-11-10-12-15-21)35-30(43)44-32(5,6)7/h8,21-23,25H,1,9-20H2,2-7H3,(H,33,41)(H,34,40)(H,35,43)(H,36,38)/t22?,23-,25-/m0/s1. The SMILES string of the molecule is C=CCCC(NC(=O)[C@@H]1CCCN1C(=O)[C@@H](NC(=O)OC(C)(C)C)C1CCCCC1)C(=O)C(=O)NCCC(=O)NC(C)(C)C. The molecule has 248 valence electrons. The van der Waals surface area contributed by atoms with Gasteiger partial charge in [-0.25, -0.2) is 4.79 Å². The second kappa shape index (κ2) is 16.6. The lowest BCUT2D eigenvalue weighted by Gasteiger charge is -2.35. The van der Waals surface area contributed by atoms with Crippen molar-refractivity contribution in [3.05, 3.63) is 12.7 Å². The van der Waals surface area contributed by atoms with Gasteiger partial charge in [-0.05, 0) is 86.0 Å². The minimum Gasteiger partial charge on any atom is -0.444 e. The Balaban J connectivity index is 2.11. The molecule has 0 bridgehead atoms. The van der Waals surface area contributed by atoms with Crippen LogP contribution in [0.4, 0.5) is 4.79 Å². The highest BCUT2D eigenvalue weighted by atomic mass is 16.6. The molecule has 12 heteroatoms. The normalized spacial score (nSPS) is 18.9. The minimum absolute atomic E-state index is 0.00138. The molecule has 1 aliphatic carbocycles. The number of likely N-dealkylation sites (tertiary alicyclic amines) is 1. The summed E-state index contributed by atoms with van der Waals surface area (Å²) in [5, 5.41) is 10.7. The molecule has 0 aromatic rings. The first kappa shape index (κ1) is 36.8. The zero-order valence-electron chi connectivity index (χ0n) is 27.4. The second-order valence-electron chi connectivity index (χ2n) is 13.8. The molecule has 1 saturated heterocycles. The van der Waals surface area contributed by atoms with Gasteiger partial charge in [0.1, 0.15) is 17.7 Å². The molecule has 0 aromatic heterocycles. The number of nitrogens with one attached hydrogen (secondary N) is 4. The maximum absolute atomic E-state index is 13.9. The monoisotopic (exact) mass is 619 g/mol. The van der Waals surface area contributed by atoms with Crippen LogP contribution in [0.25, 0.3) is 0 Å². The fourth-order valence-electron chi connectivity index (χ4n) is 5.60. The highest BCUT2D eigenvalue weighted by Crippen LogP contribution is 2.29. The zero-order valence-corrected chi connectivity index (χ0v) is 27.4. The lowest BCUT2D eigenvalue weighted by Crippen LogP contribution is -2.58. The summed E-state index contributed by atoms with van der Waals surface area (Å²) in [6.07, 6.45) is 6.91. The average Bonchev–Trinajstić information content (AvgIpc) is 3.42. The third-order valence-electron chi connectivity index (χ3n) is 7.57. The number of ether oxygens (including phenoxy) is 1. The van der Waals surface area contributed by atoms with Crippen LogP contribution in [0.1, 0.15) is 106 Å². The van der Waals surface area contributed by atoms with Crippen LogP contribution in [0.2, 0.25) is 0 Å². The molecule has 2 rings (SSSR count). The third kappa shape index (κ3) is 12.3. The third-order valence-corrected chi connectivity index (χ3v) is 7.57. The van der Waals surface area contributed by atoms with Crippen LogP contribution in [0, 0.1) is 5.92 Å². The topological polar surface area (TPSA) is 163 Å². The van der Waals surface area contributed by atoms with Gasteiger partial charge in [0, 0.05) is 25.0 Å². The smallest absolute Gasteiger partial charge is 0.408 e. The van der Waals surface area contributed by atoms with E-state index in [1.54, 1.807) is 26.8 Å². The van der Waals surface area contributed by atoms with E-state index in [1.165, 1.54) is 4.90 Å². The molecular formula is C32H53N5O7. The summed E-state index contributed by atoms with van der Waals surface area (Å²) in [6.45, 7) is 14.7. The van der Waals surface area contributed by atoms with E-state index in [0.29, 0.717) is 25.8 Å². The number of ketones is 1. The van der Waals surface area contributed by atoms with E-state index in [1.807, 2.05) is 20.8 Å². The van der Waals surface area contributed by atoms with Crippen molar-refractivity contribution in [1.82, 2.24) is 26.2 Å². The summed E-state index contributed by atoms with van der Waals surface area (Å²) < 4.78 is 5.44. The first-order chi connectivity index (χ1) is 20.5. The van der Waals surface area contributed by atoms with Gasteiger partial charge >= 0.3 is 6.09 Å². The number of amides is 5. The van der Waals surface area contributed by atoms with E-state index < -0.39 is 53.0 Å². The van der Waals surface area contributed by atoms with E-state index in [2.05, 4.69) is 27.8 Å². The Morgan fingerprint density at radius 1 is 0.932 bits per heavy atom. The van der Waals surface area contributed by atoms with Crippen molar-refractivity contribution in [2.45, 2.75) is 135 Å². The molecule has 2 aliphatic rings. The number of hydrogen-bond donors (Lipinski definition) is 4. The van der Waals surface area contributed by atoms with Crippen LogP contribution in [0.15, 0.2) is 12.7 Å². The number of carbonyl (C=O) groups excluding carboxylic acids is 6. The maximum atomic E-state index is 13.9. The van der Waals surface area contributed by atoms with Crippen LogP contribution in [-0.4, -0.2) is 82.8 Å². The fourth-order valence-corrected chi connectivity index (χ4v) is 5.60. The van der Waals surface area contributed by atoms with E-state index >= 15 is 0 Å². The van der Waals surface area contributed by atoms with Gasteiger partial charge < -0.3 is 30.9 Å². The molecule has 44 heavy (non-hydrogen) atoms. The number of nitrogens with zero attached hydrogens (tertiary/aromatic N) is 1. The van der Waals surface area contributed by atoms with Crippen molar-refractivity contribution in [2.24, 2.45) is 5.92 Å². The Labute approximate surface area is 261 Å². The van der Waals surface area contributed by atoms with E-state index in [4.69, 9.17) is 4.74 Å². The molecule has 0 radical (unpaired) electrons. The van der Waals surface area contributed by atoms with E-state index in [-0.39, 0.29) is 37.1 Å². The van der Waals surface area contributed by atoms with Crippen LogP contribution < -0.4 is 21.3 Å². The van der Waals surface area contributed by atoms with Gasteiger partial charge in [0.05, 0.1) is 6.04 Å². The summed E-state index contributed by atoms with van der Waals surface area (Å²) >= 11 is 0. The maximum Gasteiger partial charge on any atom is 0.408 e. The first-order valence-electron chi connectivity index (χ1n) is 15.9. The Bertz CT molecular complexity index is 1060. The average molecular weight is 620 g/mol. The Hall–Kier alpha value is -3.44. The molecule has 1 unspecified atom stereocenters. The molecular weight excluding hydrogens is 566 g/mol. The number of alkyl carbamates (subject to hydrolysis) is 1. The van der Waals surface area contributed by atoms with Gasteiger partial charge in [0.25, 0.3) is 5.91 Å². The first-order valence-corrected chi connectivity index (χ1v) is 15.9. The van der Waals surface area contributed by atoms with Crippen LogP contribution in [0.5, 0.6) is 0 Å². The molecule has 12 nitrogen and oxygen atoms in total. The zero-order chi connectivity index (χ0) is 33.1. The van der Waals surface area contributed by atoms with Crippen molar-refractivity contribution in [3.8, 4) is 0 Å². The van der Waals surface area contributed by atoms with Crippen LogP contribution >= 0.6 is 0 Å². The summed E-state index contributed by atoms with van der Waals surface area (Å²) in [5.74, 6) is -2.96. The second-order valence-corrected chi connectivity index (χ2v) is 13.8. The lowest BCUT2D eigenvalue weighted by atomic mass is 9.83. The van der Waals surface area contributed by atoms with Gasteiger partial charge in [-0.1, -0.05) is 25.3 Å². The summed E-state index contributed by atoms with van der Waals surface area (Å²) in [4.78, 5) is 79.4. The molecule has 1 heterocycles. The minimum atomic E-state index is -1.13. The summed E-state index contributed by atoms with van der Waals surface area (Å²) in [7, 11) is 0. The number of allylic oxidation sites excluding steroid dienone is 1. The van der Waals surface area contributed by atoms with E-state index in [0.717, 1.165) is 32.1 Å². The number of rotatable bonds is 13. The van der Waals surface area contributed by atoms with Gasteiger partial charge in [0.15, 0.2) is 0 Å². The largest absolute Gasteiger partial charge is 0.444 e.